The van der Waals surface area contributed by atoms with E-state index in [-0.39, 0.29) is 11.9 Å². The number of aromatic nitrogens is 1. The van der Waals surface area contributed by atoms with Crippen LogP contribution in [0, 0.1) is 6.92 Å². The first kappa shape index (κ1) is 19.3. The van der Waals surface area contributed by atoms with Crippen molar-refractivity contribution in [3.8, 4) is 0 Å². The molecule has 0 spiro atoms. The number of hydrogen-bond acceptors (Lipinski definition) is 4. The van der Waals surface area contributed by atoms with Gasteiger partial charge in [-0.25, -0.2) is 8.42 Å². The molecule has 1 aliphatic heterocycles. The Bertz CT molecular complexity index is 984. The highest BCUT2D eigenvalue weighted by molar-refractivity contribution is 7.88. The van der Waals surface area contributed by atoms with Crippen molar-refractivity contribution >= 4 is 27.3 Å². The third kappa shape index (κ3) is 3.75. The molecule has 1 saturated carbocycles. The highest BCUT2D eigenvalue weighted by atomic mass is 32.2. The van der Waals surface area contributed by atoms with E-state index in [1.165, 1.54) is 23.4 Å². The normalized spacial score (nSPS) is 19.4. The zero-order chi connectivity index (χ0) is 19.9. The largest absolute Gasteiger partial charge is 0.355 e. The second-order valence-electron chi connectivity index (χ2n) is 7.96. The van der Waals surface area contributed by atoms with Gasteiger partial charge >= 0.3 is 0 Å². The van der Waals surface area contributed by atoms with Crippen LogP contribution < -0.4 is 10.2 Å². The molecule has 2 fully saturated rings. The molecule has 0 unspecified atom stereocenters. The maximum absolute atomic E-state index is 12.7. The molecule has 0 radical (unpaired) electrons. The Hall–Kier alpha value is -2.06. The molecular formula is C20H28N4O3S. The van der Waals surface area contributed by atoms with Crippen LogP contribution in [0.4, 0.5) is 5.82 Å². The van der Waals surface area contributed by atoms with E-state index in [0.29, 0.717) is 31.7 Å². The first-order valence-corrected chi connectivity index (χ1v) is 11.8. The highest BCUT2D eigenvalue weighted by Crippen LogP contribution is 2.25. The zero-order valence-electron chi connectivity index (χ0n) is 16.5. The van der Waals surface area contributed by atoms with E-state index in [0.717, 1.165) is 29.7 Å². The number of nitrogens with one attached hydrogen (secondary N) is 1. The number of amides is 1. The minimum atomic E-state index is -3.15. The van der Waals surface area contributed by atoms with E-state index in [1.807, 2.05) is 19.2 Å². The molecule has 3 heterocycles. The molecule has 0 bridgehead atoms. The predicted octanol–water partition coefficient (Wildman–Crippen LogP) is 2.00. The highest BCUT2D eigenvalue weighted by Gasteiger charge is 2.25. The van der Waals surface area contributed by atoms with Gasteiger partial charge in [0, 0.05) is 43.9 Å². The molecule has 1 N–H and O–H groups in total. The van der Waals surface area contributed by atoms with Gasteiger partial charge in [-0.2, -0.15) is 4.31 Å². The minimum Gasteiger partial charge on any atom is -0.355 e. The fraction of sp³-hybridized carbons (Fsp3) is 0.550. The maximum atomic E-state index is 12.7. The van der Waals surface area contributed by atoms with Crippen molar-refractivity contribution in [2.75, 3.05) is 37.3 Å². The van der Waals surface area contributed by atoms with Crippen LogP contribution in [0.1, 0.15) is 41.6 Å². The fourth-order valence-corrected chi connectivity index (χ4v) is 5.17. The van der Waals surface area contributed by atoms with Crippen LogP contribution in [-0.2, 0) is 10.0 Å². The molecule has 1 amide bonds. The molecule has 2 aliphatic rings. The Morgan fingerprint density at radius 3 is 2.43 bits per heavy atom. The second-order valence-corrected chi connectivity index (χ2v) is 9.94. The predicted molar refractivity (Wildman–Crippen MR) is 110 cm³/mol. The monoisotopic (exact) mass is 404 g/mol. The maximum Gasteiger partial charge on any atom is 0.253 e. The molecule has 8 heteroatoms. The van der Waals surface area contributed by atoms with Crippen molar-refractivity contribution in [3.63, 3.8) is 0 Å². The smallest absolute Gasteiger partial charge is 0.253 e. The van der Waals surface area contributed by atoms with Gasteiger partial charge in [0.1, 0.15) is 5.82 Å². The van der Waals surface area contributed by atoms with Gasteiger partial charge in [-0.05, 0) is 43.5 Å². The number of hydrogen-bond donors (Lipinski definition) is 1. The van der Waals surface area contributed by atoms with Crippen molar-refractivity contribution < 1.29 is 13.2 Å². The lowest BCUT2D eigenvalue weighted by molar-refractivity contribution is 0.0937. The van der Waals surface area contributed by atoms with Crippen LogP contribution in [-0.4, -0.2) is 61.5 Å². The van der Waals surface area contributed by atoms with E-state index in [4.69, 9.17) is 0 Å². The van der Waals surface area contributed by atoms with E-state index in [2.05, 4.69) is 26.8 Å². The van der Waals surface area contributed by atoms with Crippen LogP contribution in [0.15, 0.2) is 24.4 Å². The Labute approximate surface area is 166 Å². The first-order chi connectivity index (χ1) is 13.3. The second kappa shape index (κ2) is 7.40. The van der Waals surface area contributed by atoms with E-state index in [1.54, 1.807) is 0 Å². The topological polar surface area (TPSA) is 74.1 Å². The number of anilines is 1. The number of fused-ring (bicyclic) bond motifs is 1. The zero-order valence-corrected chi connectivity index (χ0v) is 17.3. The lowest BCUT2D eigenvalue weighted by Crippen LogP contribution is -2.48. The minimum absolute atomic E-state index is 0.0153. The number of pyridine rings is 1. The van der Waals surface area contributed by atoms with Crippen molar-refractivity contribution in [2.24, 2.45) is 0 Å². The van der Waals surface area contributed by atoms with Crippen molar-refractivity contribution in [3.05, 3.63) is 35.5 Å². The van der Waals surface area contributed by atoms with Crippen LogP contribution in [0.2, 0.25) is 0 Å². The van der Waals surface area contributed by atoms with Gasteiger partial charge in [-0.15, -0.1) is 0 Å². The van der Waals surface area contributed by atoms with Gasteiger partial charge < -0.3 is 14.6 Å². The van der Waals surface area contributed by atoms with Gasteiger partial charge in [0.2, 0.25) is 10.0 Å². The number of carbonyl (C=O) groups excluding carboxylic acids is 1. The first-order valence-electron chi connectivity index (χ1n) is 9.95. The molecule has 7 nitrogen and oxygen atoms in total. The molecule has 0 atom stereocenters. The summed E-state index contributed by atoms with van der Waals surface area (Å²) in [4.78, 5) is 14.9. The molecule has 28 heavy (non-hydrogen) atoms. The third-order valence-corrected chi connectivity index (χ3v) is 7.23. The molecule has 0 aromatic carbocycles. The van der Waals surface area contributed by atoms with Gasteiger partial charge in [0.05, 0.1) is 11.8 Å². The van der Waals surface area contributed by atoms with Crippen LogP contribution in [0.5, 0.6) is 0 Å². The number of piperazine rings is 1. The Balaban J connectivity index is 1.58. The van der Waals surface area contributed by atoms with Gasteiger partial charge in [-0.1, -0.05) is 12.8 Å². The summed E-state index contributed by atoms with van der Waals surface area (Å²) in [5, 5.41) is 3.16. The summed E-state index contributed by atoms with van der Waals surface area (Å²) < 4.78 is 27.1. The van der Waals surface area contributed by atoms with Crippen LogP contribution in [0.3, 0.4) is 0 Å². The summed E-state index contributed by atoms with van der Waals surface area (Å²) in [6.07, 6.45) is 7.66. The van der Waals surface area contributed by atoms with E-state index < -0.39 is 10.0 Å². The molecule has 2 aromatic rings. The number of sulfonamides is 1. The summed E-state index contributed by atoms with van der Waals surface area (Å²) in [5.74, 6) is 0.986. The van der Waals surface area contributed by atoms with Crippen molar-refractivity contribution in [1.29, 1.82) is 0 Å². The molecule has 4 rings (SSSR count). The third-order valence-electron chi connectivity index (χ3n) is 5.93. The van der Waals surface area contributed by atoms with E-state index in [9.17, 15) is 13.2 Å². The average molecular weight is 405 g/mol. The Morgan fingerprint density at radius 2 is 1.79 bits per heavy atom. The molecule has 1 aliphatic carbocycles. The summed E-state index contributed by atoms with van der Waals surface area (Å²) in [5.41, 5.74) is 2.79. The van der Waals surface area contributed by atoms with Crippen LogP contribution in [0.25, 0.3) is 5.52 Å². The number of rotatable bonds is 4. The lowest BCUT2D eigenvalue weighted by atomic mass is 10.1. The Morgan fingerprint density at radius 1 is 1.11 bits per heavy atom. The molecule has 152 valence electrons. The van der Waals surface area contributed by atoms with Gasteiger partial charge in [0.25, 0.3) is 5.91 Å². The summed E-state index contributed by atoms with van der Waals surface area (Å²) in [6, 6.07) is 6.35. The Kier molecular flexibility index (Phi) is 5.09. The fourth-order valence-electron chi connectivity index (χ4n) is 4.35. The standard InChI is InChI=1S/C20H28N4O3S/c1-15-13-16(20(25)21-17-5-3-4-6-17)14-24-18(15)7-8-19(24)22-9-11-23(12-10-22)28(2,26)27/h7-8,13-14,17H,3-6,9-12H2,1-2H3,(H,21,25). The molecule has 1 saturated heterocycles. The summed E-state index contributed by atoms with van der Waals surface area (Å²) >= 11 is 0. The number of nitrogens with zero attached hydrogens (tertiary/aromatic N) is 3. The SMILES string of the molecule is Cc1cc(C(=O)NC2CCCC2)cn2c(N3CCN(S(C)(=O)=O)CC3)ccc12. The molecule has 2 aromatic heterocycles. The lowest BCUT2D eigenvalue weighted by Gasteiger charge is -2.34. The van der Waals surface area contributed by atoms with Crippen LogP contribution >= 0.6 is 0 Å². The van der Waals surface area contributed by atoms with E-state index >= 15 is 0 Å². The van der Waals surface area contributed by atoms with Crippen molar-refractivity contribution in [2.45, 2.75) is 38.6 Å². The average Bonchev–Trinajstić information content (AvgIpc) is 3.31. The van der Waals surface area contributed by atoms with Gasteiger partial charge in [-0.3, -0.25) is 4.79 Å². The molecular weight excluding hydrogens is 376 g/mol. The van der Waals surface area contributed by atoms with Gasteiger partial charge in [0.15, 0.2) is 0 Å². The summed E-state index contributed by atoms with van der Waals surface area (Å²) in [6.45, 7) is 4.25. The summed E-state index contributed by atoms with van der Waals surface area (Å²) in [7, 11) is -3.15. The van der Waals surface area contributed by atoms with Crippen molar-refractivity contribution in [1.82, 2.24) is 14.0 Å². The number of aryl methyl sites for hydroxylation is 1. The number of carbonyl (C=O) groups is 1. The quantitative estimate of drug-likeness (QED) is 0.846.